The zero-order valence-corrected chi connectivity index (χ0v) is 20.2. The molecule has 37 heavy (non-hydrogen) atoms. The lowest BCUT2D eigenvalue weighted by Crippen LogP contribution is -2.41. The Labute approximate surface area is 215 Å². The van der Waals surface area contributed by atoms with Crippen LogP contribution in [0.3, 0.4) is 0 Å². The molecule has 194 valence electrons. The van der Waals surface area contributed by atoms with Crippen molar-refractivity contribution in [2.75, 3.05) is 38.2 Å². The number of amides is 1. The Hall–Kier alpha value is -3.54. The van der Waals surface area contributed by atoms with Crippen LogP contribution in [0.2, 0.25) is 5.02 Å². The molecule has 0 bridgehead atoms. The smallest absolute Gasteiger partial charge is 0.404 e. The first-order valence-electron chi connectivity index (χ1n) is 11.3. The first-order chi connectivity index (χ1) is 17.7. The number of nitrogens with one attached hydrogen (secondary N) is 1. The van der Waals surface area contributed by atoms with Crippen LogP contribution in [0.5, 0.6) is 5.75 Å². The molecule has 3 aromatic rings. The molecule has 0 radical (unpaired) electrons. The van der Waals surface area contributed by atoms with E-state index in [2.05, 4.69) is 20.0 Å². The lowest BCUT2D eigenvalue weighted by atomic mass is 10.1. The van der Waals surface area contributed by atoms with Crippen LogP contribution >= 0.6 is 11.6 Å². The number of Topliss-reactive ketones (excluding diaryl/α,β-unsaturated/α-hetero) is 1. The number of aromatic nitrogens is 2. The van der Waals surface area contributed by atoms with E-state index in [-0.39, 0.29) is 24.2 Å². The lowest BCUT2D eigenvalue weighted by Gasteiger charge is -2.26. The SMILES string of the molecule is O=C(CN1CCOCC1)Nc1cc(C(=O)Cc2cnc(-c3cccc(Cl)c3)cn2)ccc1OC(F)(F)F. The predicted octanol–water partition coefficient (Wildman–Crippen LogP) is 4.39. The summed E-state index contributed by atoms with van der Waals surface area (Å²) in [5, 5.41) is 2.98. The molecule has 1 amide bonds. The second-order valence-electron chi connectivity index (χ2n) is 8.20. The van der Waals surface area contributed by atoms with E-state index < -0.39 is 23.8 Å². The molecule has 1 fully saturated rings. The van der Waals surface area contributed by atoms with Crippen molar-refractivity contribution in [2.45, 2.75) is 12.8 Å². The van der Waals surface area contributed by atoms with Gasteiger partial charge >= 0.3 is 6.36 Å². The molecule has 1 saturated heterocycles. The number of rotatable bonds is 8. The lowest BCUT2D eigenvalue weighted by molar-refractivity contribution is -0.274. The number of anilines is 1. The summed E-state index contributed by atoms with van der Waals surface area (Å²) < 4.78 is 48.0. The number of ether oxygens (including phenoxy) is 2. The molecule has 1 N–H and O–H groups in total. The van der Waals surface area contributed by atoms with Gasteiger partial charge in [-0.1, -0.05) is 23.7 Å². The molecule has 12 heteroatoms. The summed E-state index contributed by atoms with van der Waals surface area (Å²) in [6, 6.07) is 10.4. The molecule has 0 aliphatic carbocycles. The zero-order chi connectivity index (χ0) is 26.4. The second-order valence-corrected chi connectivity index (χ2v) is 8.64. The number of halogens is 4. The summed E-state index contributed by atoms with van der Waals surface area (Å²) >= 11 is 6.00. The Morgan fingerprint density at radius 2 is 1.86 bits per heavy atom. The molecular weight excluding hydrogens is 513 g/mol. The highest BCUT2D eigenvalue weighted by atomic mass is 35.5. The molecule has 0 atom stereocenters. The zero-order valence-electron chi connectivity index (χ0n) is 19.4. The standard InChI is InChI=1S/C25H22ClF3N4O4/c26-18-3-1-2-16(10-18)21-14-30-19(13-31-21)12-22(34)17-4-5-23(37-25(27,28)29)20(11-17)32-24(35)15-33-6-8-36-9-7-33/h1-5,10-11,13-14H,6-9,12,15H2,(H,32,35). The third-order valence-electron chi connectivity index (χ3n) is 5.44. The highest BCUT2D eigenvalue weighted by Gasteiger charge is 2.32. The van der Waals surface area contributed by atoms with Crippen molar-refractivity contribution in [1.82, 2.24) is 14.9 Å². The van der Waals surface area contributed by atoms with Crippen LogP contribution in [0.1, 0.15) is 16.1 Å². The first kappa shape index (κ1) is 26.5. The number of hydrogen-bond acceptors (Lipinski definition) is 7. The summed E-state index contributed by atoms with van der Waals surface area (Å²) in [5.41, 5.74) is 1.51. The highest BCUT2D eigenvalue weighted by molar-refractivity contribution is 6.30. The summed E-state index contributed by atoms with van der Waals surface area (Å²) in [6.45, 7) is 1.93. The fourth-order valence-corrected chi connectivity index (χ4v) is 3.87. The Morgan fingerprint density at radius 1 is 1.08 bits per heavy atom. The quantitative estimate of drug-likeness (QED) is 0.428. The maximum absolute atomic E-state index is 12.9. The monoisotopic (exact) mass is 534 g/mol. The molecular formula is C25H22ClF3N4O4. The maximum atomic E-state index is 12.9. The van der Waals surface area contributed by atoms with Crippen molar-refractivity contribution in [3.63, 3.8) is 0 Å². The van der Waals surface area contributed by atoms with Crippen LogP contribution in [0.15, 0.2) is 54.9 Å². The van der Waals surface area contributed by atoms with Crippen molar-refractivity contribution in [1.29, 1.82) is 0 Å². The largest absolute Gasteiger partial charge is 0.573 e. The second kappa shape index (κ2) is 11.7. The number of ketones is 1. The maximum Gasteiger partial charge on any atom is 0.573 e. The minimum Gasteiger partial charge on any atom is -0.404 e. The van der Waals surface area contributed by atoms with E-state index in [0.29, 0.717) is 42.7 Å². The van der Waals surface area contributed by atoms with E-state index in [9.17, 15) is 22.8 Å². The van der Waals surface area contributed by atoms with Crippen LogP contribution in [0.25, 0.3) is 11.3 Å². The Kier molecular flexibility index (Phi) is 8.37. The number of nitrogens with zero attached hydrogens (tertiary/aromatic N) is 3. The minimum absolute atomic E-state index is 0.0401. The summed E-state index contributed by atoms with van der Waals surface area (Å²) in [5.74, 6) is -1.59. The van der Waals surface area contributed by atoms with Crippen molar-refractivity contribution >= 4 is 29.0 Å². The van der Waals surface area contributed by atoms with Gasteiger partial charge in [0.25, 0.3) is 0 Å². The minimum atomic E-state index is -4.98. The number of carbonyl (C=O) groups is 2. The van der Waals surface area contributed by atoms with Gasteiger partial charge in [-0.15, -0.1) is 13.2 Å². The van der Waals surface area contributed by atoms with Gasteiger partial charge in [-0.2, -0.15) is 0 Å². The van der Waals surface area contributed by atoms with Gasteiger partial charge in [0.1, 0.15) is 0 Å². The highest BCUT2D eigenvalue weighted by Crippen LogP contribution is 2.32. The van der Waals surface area contributed by atoms with E-state index in [0.717, 1.165) is 17.7 Å². The van der Waals surface area contributed by atoms with Crippen LogP contribution < -0.4 is 10.1 Å². The van der Waals surface area contributed by atoms with Crippen molar-refractivity contribution < 1.29 is 32.2 Å². The van der Waals surface area contributed by atoms with Crippen molar-refractivity contribution in [3.8, 4) is 17.0 Å². The van der Waals surface area contributed by atoms with Gasteiger partial charge in [0.2, 0.25) is 5.91 Å². The summed E-state index contributed by atoms with van der Waals surface area (Å²) in [4.78, 5) is 35.8. The molecule has 0 saturated carbocycles. The molecule has 0 spiro atoms. The number of alkyl halides is 3. The fourth-order valence-electron chi connectivity index (χ4n) is 3.68. The van der Waals surface area contributed by atoms with Crippen LogP contribution in [0, 0.1) is 0 Å². The Bertz CT molecular complexity index is 1270. The normalized spacial score (nSPS) is 14.3. The Balaban J connectivity index is 1.48. The van der Waals surface area contributed by atoms with Gasteiger partial charge in [0, 0.05) is 35.4 Å². The number of benzene rings is 2. The average Bonchev–Trinajstić information content (AvgIpc) is 2.85. The Morgan fingerprint density at radius 3 is 2.54 bits per heavy atom. The van der Waals surface area contributed by atoms with E-state index in [1.54, 1.807) is 18.2 Å². The molecule has 8 nitrogen and oxygen atoms in total. The van der Waals surface area contributed by atoms with Crippen LogP contribution in [-0.4, -0.2) is 65.8 Å². The van der Waals surface area contributed by atoms with Gasteiger partial charge in [-0.3, -0.25) is 24.5 Å². The first-order valence-corrected chi connectivity index (χ1v) is 11.6. The fraction of sp³-hybridized carbons (Fsp3) is 0.280. The van der Waals surface area contributed by atoms with Crippen molar-refractivity contribution in [2.24, 2.45) is 0 Å². The number of hydrogen-bond donors (Lipinski definition) is 1. The number of carbonyl (C=O) groups excluding carboxylic acids is 2. The van der Waals surface area contributed by atoms with E-state index in [1.165, 1.54) is 18.5 Å². The molecule has 1 aliphatic heterocycles. The van der Waals surface area contributed by atoms with E-state index >= 15 is 0 Å². The topological polar surface area (TPSA) is 93.7 Å². The summed E-state index contributed by atoms with van der Waals surface area (Å²) in [7, 11) is 0. The number of morpholine rings is 1. The third kappa shape index (κ3) is 7.72. The van der Waals surface area contributed by atoms with Gasteiger partial charge < -0.3 is 14.8 Å². The van der Waals surface area contributed by atoms with Crippen LogP contribution in [0.4, 0.5) is 18.9 Å². The molecule has 1 aliphatic rings. The van der Waals surface area contributed by atoms with Gasteiger partial charge in [-0.25, -0.2) is 0 Å². The third-order valence-corrected chi connectivity index (χ3v) is 5.67. The predicted molar refractivity (Wildman–Crippen MR) is 130 cm³/mol. The molecule has 0 unspecified atom stereocenters. The molecule has 1 aromatic heterocycles. The summed E-state index contributed by atoms with van der Waals surface area (Å²) in [6.07, 6.45) is -2.18. The molecule has 4 rings (SSSR count). The van der Waals surface area contributed by atoms with Gasteiger partial charge in [0.05, 0.1) is 49.5 Å². The van der Waals surface area contributed by atoms with Crippen molar-refractivity contribution in [3.05, 3.63) is 71.1 Å². The molecule has 2 heterocycles. The van der Waals surface area contributed by atoms with E-state index in [4.69, 9.17) is 16.3 Å². The van der Waals surface area contributed by atoms with Gasteiger partial charge in [-0.05, 0) is 30.3 Å². The molecule has 2 aromatic carbocycles. The van der Waals surface area contributed by atoms with Crippen LogP contribution in [-0.2, 0) is 16.0 Å². The van der Waals surface area contributed by atoms with Gasteiger partial charge in [0.15, 0.2) is 11.5 Å². The van der Waals surface area contributed by atoms with E-state index in [1.807, 2.05) is 11.0 Å². The average molecular weight is 535 g/mol.